The van der Waals surface area contributed by atoms with Gasteiger partial charge in [0.05, 0.1) is 17.2 Å². The summed E-state index contributed by atoms with van der Waals surface area (Å²) >= 11 is 6.25. The first-order valence-corrected chi connectivity index (χ1v) is 17.9. The molecule has 50 heavy (non-hydrogen) atoms. The van der Waals surface area contributed by atoms with Gasteiger partial charge in [-0.05, 0) is 77.3 Å². The molecule has 4 rings (SSSR count). The molecule has 0 saturated heterocycles. The molecule has 0 aromatic heterocycles. The fourth-order valence-electron chi connectivity index (χ4n) is 5.35. The summed E-state index contributed by atoms with van der Waals surface area (Å²) < 4.78 is 70.4. The van der Waals surface area contributed by atoms with Gasteiger partial charge in [0.25, 0.3) is 10.1 Å². The van der Waals surface area contributed by atoms with Crippen molar-refractivity contribution in [3.8, 4) is 11.1 Å². The summed E-state index contributed by atoms with van der Waals surface area (Å²) in [6, 6.07) is 22.8. The van der Waals surface area contributed by atoms with Crippen LogP contribution < -0.4 is 5.32 Å². The molecule has 0 spiro atoms. The van der Waals surface area contributed by atoms with Gasteiger partial charge in [0, 0.05) is 28.3 Å². The van der Waals surface area contributed by atoms with Crippen LogP contribution in [0.5, 0.6) is 0 Å². The third kappa shape index (κ3) is 11.1. The molecule has 0 radical (unpaired) electrons. The van der Waals surface area contributed by atoms with E-state index in [1.807, 2.05) is 30.3 Å². The van der Waals surface area contributed by atoms with E-state index in [1.54, 1.807) is 49.4 Å². The maximum absolute atomic E-state index is 13.9. The van der Waals surface area contributed by atoms with Crippen molar-refractivity contribution in [1.29, 1.82) is 0 Å². The van der Waals surface area contributed by atoms with Crippen LogP contribution in [0.2, 0.25) is 5.02 Å². The Morgan fingerprint density at radius 3 is 2.10 bits per heavy atom. The first-order valence-electron chi connectivity index (χ1n) is 15.9. The van der Waals surface area contributed by atoms with Crippen LogP contribution in [-0.4, -0.2) is 30.4 Å². The van der Waals surface area contributed by atoms with E-state index in [1.165, 1.54) is 6.07 Å². The van der Waals surface area contributed by atoms with Gasteiger partial charge in [-0.1, -0.05) is 105 Å². The highest BCUT2D eigenvalue weighted by Gasteiger charge is 2.31. The zero-order valence-electron chi connectivity index (χ0n) is 28.1. The van der Waals surface area contributed by atoms with Crippen molar-refractivity contribution in [2.45, 2.75) is 59.1 Å². The van der Waals surface area contributed by atoms with Gasteiger partial charge in [0.15, 0.2) is 5.78 Å². The van der Waals surface area contributed by atoms with Gasteiger partial charge < -0.3 is 5.32 Å². The molecular weight excluding hydrogens is 687 g/mol. The molecule has 0 bridgehead atoms. The molecule has 1 unspecified atom stereocenters. The van der Waals surface area contributed by atoms with Gasteiger partial charge in [0.2, 0.25) is 5.91 Å². The standard InChI is InChI=1S/C39H39ClF3NO5S/c1-25-22-31(16-18-32(25)33-17-15-30(24-35(33)40)39(41,42)43)44-37(46)34(28-11-7-26(8-12-28)19-20-38(2,3)4)23-27-9-13-29(14-10-27)36(45)6-5-21-50(47,48)49/h7-20,22,24,34H,5-6,21,23H2,1-4H3,(H,44,46)(H,47,48,49)/b20-19+. The van der Waals surface area contributed by atoms with E-state index in [-0.39, 0.29) is 35.0 Å². The largest absolute Gasteiger partial charge is 0.416 e. The van der Waals surface area contributed by atoms with Crippen LogP contribution in [-0.2, 0) is 27.5 Å². The summed E-state index contributed by atoms with van der Waals surface area (Å²) in [6.07, 6.45) is -0.124. The molecule has 0 aliphatic heterocycles. The van der Waals surface area contributed by atoms with Crippen molar-refractivity contribution < 1.29 is 35.7 Å². The van der Waals surface area contributed by atoms with E-state index in [9.17, 15) is 31.2 Å². The van der Waals surface area contributed by atoms with E-state index >= 15 is 0 Å². The summed E-state index contributed by atoms with van der Waals surface area (Å²) in [5.41, 5.74) is 4.36. The first kappa shape index (κ1) is 38.6. The van der Waals surface area contributed by atoms with Gasteiger partial charge in [0.1, 0.15) is 0 Å². The minimum absolute atomic E-state index is 0.000427. The van der Waals surface area contributed by atoms with E-state index in [4.69, 9.17) is 16.2 Å². The molecule has 4 aromatic rings. The first-order chi connectivity index (χ1) is 23.3. The average molecular weight is 726 g/mol. The topological polar surface area (TPSA) is 101 Å². The number of aryl methyl sites for hydroxylation is 1. The van der Waals surface area contributed by atoms with Crippen molar-refractivity contribution in [1.82, 2.24) is 0 Å². The summed E-state index contributed by atoms with van der Waals surface area (Å²) in [6.45, 7) is 8.08. The normalized spacial score (nSPS) is 13.0. The number of benzene rings is 4. The molecule has 4 aromatic carbocycles. The molecular formula is C39H39ClF3NO5S. The van der Waals surface area contributed by atoms with Crippen LogP contribution in [0.15, 0.2) is 91.0 Å². The number of hydrogen-bond acceptors (Lipinski definition) is 4. The fourth-order valence-corrected chi connectivity index (χ4v) is 6.14. The molecule has 1 atom stereocenters. The number of alkyl halides is 3. The number of anilines is 1. The van der Waals surface area contributed by atoms with E-state index in [0.29, 0.717) is 34.4 Å². The molecule has 0 fully saturated rings. The highest BCUT2D eigenvalue weighted by molar-refractivity contribution is 7.85. The second kappa shape index (κ2) is 15.7. The number of carbonyl (C=O) groups is 2. The van der Waals surface area contributed by atoms with Gasteiger partial charge in [-0.25, -0.2) is 0 Å². The van der Waals surface area contributed by atoms with E-state index < -0.39 is 33.5 Å². The number of carbonyl (C=O) groups excluding carboxylic acids is 2. The number of nitrogens with one attached hydrogen (secondary N) is 1. The van der Waals surface area contributed by atoms with Crippen LogP contribution in [0.25, 0.3) is 17.2 Å². The maximum atomic E-state index is 13.9. The smallest absolute Gasteiger partial charge is 0.326 e. The number of amides is 1. The minimum Gasteiger partial charge on any atom is -0.326 e. The summed E-state index contributed by atoms with van der Waals surface area (Å²) in [4.78, 5) is 26.5. The minimum atomic E-state index is -4.52. The van der Waals surface area contributed by atoms with Crippen molar-refractivity contribution >= 4 is 45.2 Å². The van der Waals surface area contributed by atoms with Gasteiger partial charge in [-0.3, -0.25) is 14.1 Å². The van der Waals surface area contributed by atoms with Crippen LogP contribution >= 0.6 is 11.6 Å². The van der Waals surface area contributed by atoms with Crippen molar-refractivity contribution in [3.05, 3.63) is 129 Å². The maximum Gasteiger partial charge on any atom is 0.416 e. The highest BCUT2D eigenvalue weighted by atomic mass is 35.5. The summed E-state index contributed by atoms with van der Waals surface area (Å²) in [5, 5.41) is 2.95. The molecule has 0 aliphatic rings. The molecule has 0 aliphatic carbocycles. The summed E-state index contributed by atoms with van der Waals surface area (Å²) in [5.74, 6) is -1.67. The monoisotopic (exact) mass is 725 g/mol. The van der Waals surface area contributed by atoms with Gasteiger partial charge in [-0.2, -0.15) is 21.6 Å². The zero-order chi connectivity index (χ0) is 36.9. The number of allylic oxidation sites excluding steroid dienone is 1. The quantitative estimate of drug-likeness (QED) is 0.112. The number of hydrogen-bond donors (Lipinski definition) is 2. The molecule has 11 heteroatoms. The van der Waals surface area contributed by atoms with E-state index in [0.717, 1.165) is 28.8 Å². The lowest BCUT2D eigenvalue weighted by Crippen LogP contribution is -2.23. The molecule has 1 amide bonds. The second-order valence-electron chi connectivity index (χ2n) is 13.3. The third-order valence-corrected chi connectivity index (χ3v) is 9.15. The van der Waals surface area contributed by atoms with Crippen LogP contribution in [0.1, 0.15) is 77.7 Å². The van der Waals surface area contributed by atoms with Crippen LogP contribution in [0.4, 0.5) is 18.9 Å². The van der Waals surface area contributed by atoms with Crippen molar-refractivity contribution in [2.75, 3.05) is 11.1 Å². The lowest BCUT2D eigenvalue weighted by Gasteiger charge is -2.19. The SMILES string of the molecule is Cc1cc(NC(=O)C(Cc2ccc(C(=O)CCCS(=O)(=O)O)cc2)c2ccc(/C=C/C(C)(C)C)cc2)ccc1-c1ccc(C(F)(F)F)cc1Cl. The van der Waals surface area contributed by atoms with Crippen LogP contribution in [0, 0.1) is 12.3 Å². The Labute approximate surface area is 296 Å². The van der Waals surface area contributed by atoms with E-state index in [2.05, 4.69) is 32.2 Å². The predicted octanol–water partition coefficient (Wildman–Crippen LogP) is 10.2. The predicted molar refractivity (Wildman–Crippen MR) is 193 cm³/mol. The summed E-state index contributed by atoms with van der Waals surface area (Å²) in [7, 11) is -4.15. The molecule has 0 saturated carbocycles. The Morgan fingerprint density at radius 1 is 0.900 bits per heavy atom. The molecule has 0 heterocycles. The average Bonchev–Trinajstić information content (AvgIpc) is 3.02. The molecule has 2 N–H and O–H groups in total. The zero-order valence-corrected chi connectivity index (χ0v) is 29.7. The van der Waals surface area contributed by atoms with Crippen molar-refractivity contribution in [2.24, 2.45) is 5.41 Å². The molecule has 264 valence electrons. The Kier molecular flexibility index (Phi) is 12.1. The molecule has 6 nitrogen and oxygen atoms in total. The Bertz CT molecular complexity index is 1980. The Morgan fingerprint density at radius 2 is 1.54 bits per heavy atom. The lowest BCUT2D eigenvalue weighted by atomic mass is 9.89. The van der Waals surface area contributed by atoms with Gasteiger partial charge >= 0.3 is 6.18 Å². The number of rotatable bonds is 12. The second-order valence-corrected chi connectivity index (χ2v) is 15.3. The van der Waals surface area contributed by atoms with Crippen molar-refractivity contribution in [3.63, 3.8) is 0 Å². The number of Topliss-reactive ketones (excluding diaryl/α,β-unsaturated/α-hetero) is 1. The number of halogens is 4. The Hall–Kier alpha value is -4.25. The lowest BCUT2D eigenvalue weighted by molar-refractivity contribution is -0.137. The fraction of sp³-hybridized carbons (Fsp3) is 0.282. The van der Waals surface area contributed by atoms with Gasteiger partial charge in [-0.15, -0.1) is 0 Å². The highest BCUT2D eigenvalue weighted by Crippen LogP contribution is 2.37. The number of ketones is 1. The third-order valence-electron chi connectivity index (χ3n) is 8.03. The van der Waals surface area contributed by atoms with Crippen LogP contribution in [0.3, 0.4) is 0 Å². The Balaban J connectivity index is 1.57.